The van der Waals surface area contributed by atoms with Gasteiger partial charge in [0.15, 0.2) is 13.2 Å². The molecule has 1 aromatic carbocycles. The summed E-state index contributed by atoms with van der Waals surface area (Å²) in [5.74, 6) is 0.139. The molecule has 16 heteroatoms. The first-order valence-corrected chi connectivity index (χ1v) is 12.9. The fourth-order valence-corrected chi connectivity index (χ4v) is 3.28. The number of nitrogens with one attached hydrogen (secondary N) is 3. The van der Waals surface area contributed by atoms with Gasteiger partial charge in [0.05, 0.1) is 0 Å². The van der Waals surface area contributed by atoms with Crippen molar-refractivity contribution in [3.8, 4) is 0 Å². The van der Waals surface area contributed by atoms with E-state index in [4.69, 9.17) is 5.73 Å². The van der Waals surface area contributed by atoms with E-state index in [-0.39, 0.29) is 49.3 Å². The van der Waals surface area contributed by atoms with Crippen LogP contribution in [0.3, 0.4) is 0 Å². The molecule has 244 valence electrons. The summed E-state index contributed by atoms with van der Waals surface area (Å²) in [7, 11) is 0. The predicted octanol–water partition coefficient (Wildman–Crippen LogP) is 5.50. The maximum absolute atomic E-state index is 12.1. The molecule has 9 nitrogen and oxygen atoms in total. The molecule has 0 saturated carbocycles. The number of carbonyl (C=O) groups excluding carboxylic acids is 3. The molecular weight excluding hydrogens is 598 g/mol. The molecule has 0 saturated heterocycles. The van der Waals surface area contributed by atoms with Crippen LogP contribution < -0.4 is 21.7 Å². The number of ether oxygens (including phenoxy) is 2. The van der Waals surface area contributed by atoms with E-state index >= 15 is 0 Å². The molecule has 0 unspecified atom stereocenters. The Morgan fingerprint density at radius 2 is 1.19 bits per heavy atom. The summed E-state index contributed by atoms with van der Waals surface area (Å²) >= 11 is 0. The molecule has 42 heavy (non-hydrogen) atoms. The van der Waals surface area contributed by atoms with Crippen molar-refractivity contribution in [2.45, 2.75) is 71.9 Å². The first kappa shape index (κ1) is 41.2. The van der Waals surface area contributed by atoms with Crippen LogP contribution in [0.2, 0.25) is 0 Å². The van der Waals surface area contributed by atoms with Gasteiger partial charge in [0.25, 0.3) is 5.91 Å². The molecule has 0 bridgehead atoms. The first-order chi connectivity index (χ1) is 18.8. The van der Waals surface area contributed by atoms with E-state index in [2.05, 4.69) is 25.4 Å². The highest BCUT2D eigenvalue weighted by Crippen LogP contribution is 2.15. The molecular formula is C26H41ClF6N4O5. The van der Waals surface area contributed by atoms with Crippen molar-refractivity contribution in [3.05, 3.63) is 35.4 Å². The minimum atomic E-state index is -4.58. The van der Waals surface area contributed by atoms with E-state index in [9.17, 15) is 40.7 Å². The summed E-state index contributed by atoms with van der Waals surface area (Å²) in [5, 5.41) is 7.32. The van der Waals surface area contributed by atoms with Crippen molar-refractivity contribution in [2.75, 3.05) is 26.3 Å². The number of benzene rings is 1. The molecule has 0 aliphatic rings. The molecule has 0 aliphatic heterocycles. The lowest BCUT2D eigenvalue weighted by molar-refractivity contribution is -0.160. The van der Waals surface area contributed by atoms with E-state index in [0.29, 0.717) is 18.4 Å². The molecule has 0 heterocycles. The van der Waals surface area contributed by atoms with Gasteiger partial charge in [0.2, 0.25) is 0 Å². The van der Waals surface area contributed by atoms with E-state index in [0.717, 1.165) is 5.56 Å². The van der Waals surface area contributed by atoms with Crippen LogP contribution in [0.5, 0.6) is 0 Å². The zero-order valence-electron chi connectivity index (χ0n) is 24.2. The highest BCUT2D eigenvalue weighted by molar-refractivity contribution is 5.94. The maximum atomic E-state index is 12.1. The SMILES string of the molecule is CC(C)C[C@@H](CN)NC(=O)OCC(F)(F)F.Cc1ccc(C(=O)NC[C@H](CC(C)C)NC(=O)OCC(F)(F)F)cc1.Cl. The molecule has 2 atom stereocenters. The van der Waals surface area contributed by atoms with Gasteiger partial charge in [-0.3, -0.25) is 4.79 Å². The number of alkyl halides is 6. The van der Waals surface area contributed by atoms with E-state index in [1.54, 1.807) is 24.3 Å². The zero-order valence-corrected chi connectivity index (χ0v) is 25.0. The molecule has 0 radical (unpaired) electrons. The molecule has 0 fully saturated rings. The number of amides is 3. The van der Waals surface area contributed by atoms with Gasteiger partial charge in [-0.15, -0.1) is 12.4 Å². The van der Waals surface area contributed by atoms with Crippen LogP contribution in [0.1, 0.15) is 56.5 Å². The summed E-state index contributed by atoms with van der Waals surface area (Å²) in [6.45, 7) is 6.56. The Bertz CT molecular complexity index is 931. The number of hydrogen-bond acceptors (Lipinski definition) is 6. The lowest BCUT2D eigenvalue weighted by Gasteiger charge is -2.21. The Morgan fingerprint density at radius 3 is 1.57 bits per heavy atom. The van der Waals surface area contributed by atoms with Gasteiger partial charge in [-0.2, -0.15) is 26.3 Å². The normalized spacial score (nSPS) is 12.7. The average molecular weight is 639 g/mol. The van der Waals surface area contributed by atoms with Gasteiger partial charge in [0.1, 0.15) is 0 Å². The van der Waals surface area contributed by atoms with E-state index in [1.165, 1.54) is 0 Å². The fraction of sp³-hybridized carbons (Fsp3) is 0.654. The van der Waals surface area contributed by atoms with Crippen LogP contribution in [0.15, 0.2) is 24.3 Å². The smallest absolute Gasteiger partial charge is 0.422 e. The lowest BCUT2D eigenvalue weighted by Crippen LogP contribution is -2.45. The van der Waals surface area contributed by atoms with Gasteiger partial charge in [-0.05, 0) is 43.7 Å². The van der Waals surface area contributed by atoms with Gasteiger partial charge in [-0.1, -0.05) is 45.4 Å². The van der Waals surface area contributed by atoms with Crippen LogP contribution in [0.25, 0.3) is 0 Å². The Balaban J connectivity index is 0. The van der Waals surface area contributed by atoms with Gasteiger partial charge >= 0.3 is 24.5 Å². The van der Waals surface area contributed by atoms with Gasteiger partial charge in [-0.25, -0.2) is 9.59 Å². The molecule has 0 aromatic heterocycles. The topological polar surface area (TPSA) is 132 Å². The summed E-state index contributed by atoms with van der Waals surface area (Å²) in [4.78, 5) is 34.5. The summed E-state index contributed by atoms with van der Waals surface area (Å²) in [5.41, 5.74) is 6.84. The van der Waals surface area contributed by atoms with E-state index < -0.39 is 43.8 Å². The number of carbonyl (C=O) groups is 3. The highest BCUT2D eigenvalue weighted by atomic mass is 35.5. The third-order valence-electron chi connectivity index (χ3n) is 5.00. The second-order valence-corrected chi connectivity index (χ2v) is 10.1. The van der Waals surface area contributed by atoms with Crippen LogP contribution >= 0.6 is 12.4 Å². The highest BCUT2D eigenvalue weighted by Gasteiger charge is 2.31. The predicted molar refractivity (Wildman–Crippen MR) is 147 cm³/mol. The van der Waals surface area contributed by atoms with E-state index in [1.807, 2.05) is 34.6 Å². The average Bonchev–Trinajstić information content (AvgIpc) is 2.83. The largest absolute Gasteiger partial charge is 0.440 e. The van der Waals surface area contributed by atoms with Crippen molar-refractivity contribution in [1.82, 2.24) is 16.0 Å². The van der Waals surface area contributed by atoms with Crippen molar-refractivity contribution in [1.29, 1.82) is 0 Å². The summed E-state index contributed by atoms with van der Waals surface area (Å²) < 4.78 is 79.5. The third kappa shape index (κ3) is 22.7. The number of halogens is 7. The van der Waals surface area contributed by atoms with Crippen molar-refractivity contribution < 1.29 is 50.2 Å². The van der Waals surface area contributed by atoms with Gasteiger partial charge in [0, 0.05) is 30.7 Å². The number of hydrogen-bond donors (Lipinski definition) is 4. The fourth-order valence-electron chi connectivity index (χ4n) is 3.28. The monoisotopic (exact) mass is 638 g/mol. The quantitative estimate of drug-likeness (QED) is 0.224. The minimum absolute atomic E-state index is 0. The minimum Gasteiger partial charge on any atom is -0.440 e. The number of nitrogens with two attached hydrogens (primary N) is 1. The Morgan fingerprint density at radius 1 is 0.786 bits per heavy atom. The maximum Gasteiger partial charge on any atom is 0.422 e. The number of alkyl carbamates (subject to hydrolysis) is 2. The lowest BCUT2D eigenvalue weighted by atomic mass is 10.0. The molecule has 0 spiro atoms. The van der Waals surface area contributed by atoms with Crippen LogP contribution in [-0.4, -0.2) is 68.8 Å². The van der Waals surface area contributed by atoms with Gasteiger partial charge < -0.3 is 31.2 Å². The van der Waals surface area contributed by atoms with Crippen molar-refractivity contribution in [2.24, 2.45) is 17.6 Å². The summed E-state index contributed by atoms with van der Waals surface area (Å²) in [6, 6.07) is 6.05. The third-order valence-corrected chi connectivity index (χ3v) is 5.00. The molecule has 1 rings (SSSR count). The number of aryl methyl sites for hydroxylation is 1. The second-order valence-electron chi connectivity index (χ2n) is 10.1. The van der Waals surface area contributed by atoms with Crippen LogP contribution in [-0.2, 0) is 9.47 Å². The molecule has 0 aliphatic carbocycles. The molecule has 1 aromatic rings. The summed E-state index contributed by atoms with van der Waals surface area (Å²) in [6.07, 6.45) is -10.3. The Labute approximate surface area is 248 Å². The Hall–Kier alpha value is -2.94. The Kier molecular flexibility index (Phi) is 19.7. The number of rotatable bonds is 12. The zero-order chi connectivity index (χ0) is 31.8. The van der Waals surface area contributed by atoms with Crippen LogP contribution in [0.4, 0.5) is 35.9 Å². The standard InChI is InChI=1S/C17H23F3N2O3.C9H17F3N2O2.ClH/c1-11(2)8-14(22-16(24)25-10-17(18,19)20)9-21-15(23)13-6-4-12(3)5-7-13;1-6(2)3-7(4-13)14-8(15)16-5-9(10,11)12;/h4-7,11,14H,8-10H2,1-3H3,(H,21,23)(H,22,24);6-7H,3-5,13H2,1-2H3,(H,14,15);1H/t14-;7-;/m00./s1. The van der Waals surface area contributed by atoms with Crippen molar-refractivity contribution >= 4 is 30.5 Å². The molecule has 5 N–H and O–H groups in total. The second kappa shape index (κ2) is 20.1. The first-order valence-electron chi connectivity index (χ1n) is 12.9. The molecule has 3 amide bonds. The van der Waals surface area contributed by atoms with Crippen LogP contribution in [0, 0.1) is 18.8 Å². The van der Waals surface area contributed by atoms with Crippen molar-refractivity contribution in [3.63, 3.8) is 0 Å².